The lowest BCUT2D eigenvalue weighted by molar-refractivity contribution is -0.143. The zero-order valence-corrected chi connectivity index (χ0v) is 11.0. The van der Waals surface area contributed by atoms with Crippen LogP contribution in [0.5, 0.6) is 0 Å². The molecule has 0 fully saturated rings. The van der Waals surface area contributed by atoms with Gasteiger partial charge in [0, 0.05) is 5.56 Å². The highest BCUT2D eigenvalue weighted by molar-refractivity contribution is 5.95. The van der Waals surface area contributed by atoms with Gasteiger partial charge in [0.1, 0.15) is 6.04 Å². The van der Waals surface area contributed by atoms with E-state index in [0.717, 1.165) is 0 Å². The number of aryl methyl sites for hydroxylation is 1. The zero-order valence-electron chi connectivity index (χ0n) is 11.0. The molecule has 0 aromatic carbocycles. The van der Waals surface area contributed by atoms with Gasteiger partial charge in [-0.25, -0.2) is 4.79 Å². The molecule has 0 aliphatic heterocycles. The van der Waals surface area contributed by atoms with Crippen LogP contribution in [0.1, 0.15) is 36.4 Å². The standard InChI is InChI=1S/C12H18N2O4/c1-7(2)5-9(12(16)17-4)14-11(15)10-8(3)6-13-18-10/h6-7,9H,5H2,1-4H3,(H,14,15). The molecule has 0 aliphatic rings. The van der Waals surface area contributed by atoms with Crippen molar-refractivity contribution in [3.63, 3.8) is 0 Å². The molecular formula is C12H18N2O4. The minimum absolute atomic E-state index is 0.118. The normalized spacial score (nSPS) is 12.3. The van der Waals surface area contributed by atoms with Crippen LogP contribution in [0.2, 0.25) is 0 Å². The third kappa shape index (κ3) is 3.58. The number of nitrogens with one attached hydrogen (secondary N) is 1. The molecule has 100 valence electrons. The molecule has 0 bridgehead atoms. The number of esters is 1. The third-order valence-corrected chi connectivity index (χ3v) is 2.45. The lowest BCUT2D eigenvalue weighted by Gasteiger charge is -2.17. The summed E-state index contributed by atoms with van der Waals surface area (Å²) in [7, 11) is 1.29. The molecule has 0 saturated heterocycles. The molecule has 1 unspecified atom stereocenters. The fourth-order valence-corrected chi connectivity index (χ4v) is 1.56. The Kier molecular flexibility index (Phi) is 4.88. The van der Waals surface area contributed by atoms with Gasteiger partial charge in [-0.15, -0.1) is 0 Å². The lowest BCUT2D eigenvalue weighted by Crippen LogP contribution is -2.42. The van der Waals surface area contributed by atoms with Crippen LogP contribution >= 0.6 is 0 Å². The predicted octanol–water partition coefficient (Wildman–Crippen LogP) is 1.30. The molecule has 18 heavy (non-hydrogen) atoms. The molecule has 1 amide bonds. The molecule has 1 atom stereocenters. The fraction of sp³-hybridized carbons (Fsp3) is 0.583. The Morgan fingerprint density at radius 3 is 2.61 bits per heavy atom. The first-order valence-corrected chi connectivity index (χ1v) is 5.75. The Balaban J connectivity index is 2.74. The Bertz CT molecular complexity index is 425. The van der Waals surface area contributed by atoms with E-state index >= 15 is 0 Å². The number of aromatic nitrogens is 1. The summed E-state index contributed by atoms with van der Waals surface area (Å²) in [4.78, 5) is 23.4. The molecule has 6 heteroatoms. The summed E-state index contributed by atoms with van der Waals surface area (Å²) < 4.78 is 9.49. The first-order valence-electron chi connectivity index (χ1n) is 5.75. The van der Waals surface area contributed by atoms with Crippen molar-refractivity contribution >= 4 is 11.9 Å². The van der Waals surface area contributed by atoms with Crippen LogP contribution in [0, 0.1) is 12.8 Å². The Labute approximate surface area is 106 Å². The van der Waals surface area contributed by atoms with Gasteiger partial charge in [-0.05, 0) is 19.3 Å². The monoisotopic (exact) mass is 254 g/mol. The first-order chi connectivity index (χ1) is 8.45. The molecule has 6 nitrogen and oxygen atoms in total. The Morgan fingerprint density at radius 1 is 1.50 bits per heavy atom. The summed E-state index contributed by atoms with van der Waals surface area (Å²) >= 11 is 0. The summed E-state index contributed by atoms with van der Waals surface area (Å²) in [5.74, 6) is -0.548. The molecule has 0 radical (unpaired) electrons. The fourth-order valence-electron chi connectivity index (χ4n) is 1.56. The van der Waals surface area contributed by atoms with Crippen molar-refractivity contribution < 1.29 is 18.8 Å². The van der Waals surface area contributed by atoms with Gasteiger partial charge in [0.05, 0.1) is 13.3 Å². The summed E-state index contributed by atoms with van der Waals surface area (Å²) in [6.07, 6.45) is 1.95. The van der Waals surface area contributed by atoms with Crippen molar-refractivity contribution in [1.29, 1.82) is 0 Å². The number of hydrogen-bond donors (Lipinski definition) is 1. The van der Waals surface area contributed by atoms with Gasteiger partial charge >= 0.3 is 5.97 Å². The Hall–Kier alpha value is -1.85. The number of methoxy groups -OCH3 is 1. The van der Waals surface area contributed by atoms with E-state index in [2.05, 4.69) is 15.2 Å². The van der Waals surface area contributed by atoms with Crippen molar-refractivity contribution in [2.24, 2.45) is 5.92 Å². The van der Waals surface area contributed by atoms with Crippen LogP contribution in [0.25, 0.3) is 0 Å². The van der Waals surface area contributed by atoms with Crippen LogP contribution in [0.4, 0.5) is 0 Å². The maximum absolute atomic E-state index is 11.9. The lowest BCUT2D eigenvalue weighted by atomic mass is 10.0. The van der Waals surface area contributed by atoms with Crippen molar-refractivity contribution in [2.75, 3.05) is 7.11 Å². The van der Waals surface area contributed by atoms with Crippen LogP contribution in [0.3, 0.4) is 0 Å². The molecule has 0 aliphatic carbocycles. The Morgan fingerprint density at radius 2 is 2.17 bits per heavy atom. The number of nitrogens with zero attached hydrogens (tertiary/aromatic N) is 1. The average Bonchev–Trinajstić information content (AvgIpc) is 2.73. The van der Waals surface area contributed by atoms with Crippen LogP contribution < -0.4 is 5.32 Å². The average molecular weight is 254 g/mol. The van der Waals surface area contributed by atoms with E-state index in [-0.39, 0.29) is 11.7 Å². The van der Waals surface area contributed by atoms with Crippen LogP contribution in [-0.2, 0) is 9.53 Å². The highest BCUT2D eigenvalue weighted by Gasteiger charge is 2.25. The molecule has 1 heterocycles. The second kappa shape index (κ2) is 6.18. The summed E-state index contributed by atoms with van der Waals surface area (Å²) in [6, 6.07) is -0.674. The van der Waals surface area contributed by atoms with E-state index in [1.54, 1.807) is 6.92 Å². The van der Waals surface area contributed by atoms with Gasteiger partial charge < -0.3 is 14.6 Å². The van der Waals surface area contributed by atoms with E-state index in [9.17, 15) is 9.59 Å². The van der Waals surface area contributed by atoms with E-state index in [1.807, 2.05) is 13.8 Å². The molecule has 1 N–H and O–H groups in total. The van der Waals surface area contributed by atoms with Crippen molar-refractivity contribution in [1.82, 2.24) is 10.5 Å². The number of rotatable bonds is 5. The predicted molar refractivity (Wildman–Crippen MR) is 64.0 cm³/mol. The largest absolute Gasteiger partial charge is 0.467 e. The third-order valence-electron chi connectivity index (χ3n) is 2.45. The molecule has 1 aromatic rings. The number of carbonyl (C=O) groups excluding carboxylic acids is 2. The van der Waals surface area contributed by atoms with Gasteiger partial charge in [-0.3, -0.25) is 4.79 Å². The first kappa shape index (κ1) is 14.2. The SMILES string of the molecule is COC(=O)C(CC(C)C)NC(=O)c1oncc1C. The highest BCUT2D eigenvalue weighted by Crippen LogP contribution is 2.10. The van der Waals surface area contributed by atoms with E-state index in [1.165, 1.54) is 13.3 Å². The highest BCUT2D eigenvalue weighted by atomic mass is 16.5. The second-order valence-corrected chi connectivity index (χ2v) is 4.52. The minimum Gasteiger partial charge on any atom is -0.467 e. The number of ether oxygens (including phenoxy) is 1. The number of carbonyl (C=O) groups is 2. The minimum atomic E-state index is -0.674. The molecule has 1 rings (SSSR count). The van der Waals surface area contributed by atoms with Crippen LogP contribution in [0.15, 0.2) is 10.7 Å². The molecular weight excluding hydrogens is 236 g/mol. The van der Waals surface area contributed by atoms with Crippen molar-refractivity contribution in [3.8, 4) is 0 Å². The number of amides is 1. The van der Waals surface area contributed by atoms with E-state index < -0.39 is 17.9 Å². The van der Waals surface area contributed by atoms with Crippen molar-refractivity contribution in [3.05, 3.63) is 17.5 Å². The molecule has 0 saturated carbocycles. The van der Waals surface area contributed by atoms with E-state index in [0.29, 0.717) is 12.0 Å². The topological polar surface area (TPSA) is 81.4 Å². The maximum atomic E-state index is 11.9. The molecule has 0 spiro atoms. The van der Waals surface area contributed by atoms with Gasteiger partial charge in [-0.1, -0.05) is 19.0 Å². The summed E-state index contributed by atoms with van der Waals surface area (Å²) in [5, 5.41) is 6.12. The summed E-state index contributed by atoms with van der Waals surface area (Å²) in [6.45, 7) is 5.63. The number of hydrogen-bond acceptors (Lipinski definition) is 5. The van der Waals surface area contributed by atoms with Gasteiger partial charge in [0.25, 0.3) is 5.91 Å². The van der Waals surface area contributed by atoms with Crippen molar-refractivity contribution in [2.45, 2.75) is 33.2 Å². The maximum Gasteiger partial charge on any atom is 0.328 e. The smallest absolute Gasteiger partial charge is 0.328 e. The van der Waals surface area contributed by atoms with Crippen LogP contribution in [-0.4, -0.2) is 30.2 Å². The van der Waals surface area contributed by atoms with Gasteiger partial charge in [0.2, 0.25) is 5.76 Å². The van der Waals surface area contributed by atoms with E-state index in [4.69, 9.17) is 4.52 Å². The molecule has 1 aromatic heterocycles. The van der Waals surface area contributed by atoms with Gasteiger partial charge in [-0.2, -0.15) is 0 Å². The quantitative estimate of drug-likeness (QED) is 0.801. The summed E-state index contributed by atoms with van der Waals surface area (Å²) in [5.41, 5.74) is 0.626. The zero-order chi connectivity index (χ0) is 13.7. The second-order valence-electron chi connectivity index (χ2n) is 4.52. The van der Waals surface area contributed by atoms with Gasteiger partial charge in [0.15, 0.2) is 0 Å².